The summed E-state index contributed by atoms with van der Waals surface area (Å²) >= 11 is 0. The van der Waals surface area contributed by atoms with E-state index in [1.165, 1.54) is 4.90 Å². The summed E-state index contributed by atoms with van der Waals surface area (Å²) in [4.78, 5) is 34.6. The van der Waals surface area contributed by atoms with Crippen LogP contribution in [-0.4, -0.2) is 117 Å². The molecule has 0 aromatic heterocycles. The van der Waals surface area contributed by atoms with E-state index < -0.39 is 11.7 Å². The molecule has 172 valence electrons. The van der Waals surface area contributed by atoms with Gasteiger partial charge in [0.1, 0.15) is 12.1 Å². The molecule has 1 atom stereocenters. The quantitative estimate of drug-likeness (QED) is 0.454. The first kappa shape index (κ1) is 24.2. The van der Waals surface area contributed by atoms with Gasteiger partial charge in [0.05, 0.1) is 19.3 Å². The van der Waals surface area contributed by atoms with Crippen molar-refractivity contribution in [3.05, 3.63) is 0 Å². The van der Waals surface area contributed by atoms with Crippen LogP contribution >= 0.6 is 0 Å². The monoisotopic (exact) mass is 426 g/mol. The lowest BCUT2D eigenvalue weighted by atomic mass is 10.2. The van der Waals surface area contributed by atoms with Crippen molar-refractivity contribution in [1.82, 2.24) is 25.3 Å². The van der Waals surface area contributed by atoms with Gasteiger partial charge in [-0.1, -0.05) is 0 Å². The molecule has 2 aliphatic heterocycles. The van der Waals surface area contributed by atoms with Gasteiger partial charge < -0.3 is 29.9 Å². The highest BCUT2D eigenvalue weighted by atomic mass is 16.6. The normalized spacial score (nSPS) is 20.8. The maximum atomic E-state index is 12.1. The third-order valence-corrected chi connectivity index (χ3v) is 4.89. The number of rotatable bonds is 6. The molecule has 0 aliphatic carbocycles. The molecule has 2 N–H and O–H groups in total. The molecule has 0 bridgehead atoms. The summed E-state index contributed by atoms with van der Waals surface area (Å²) in [5, 5.41) is 6.32. The summed E-state index contributed by atoms with van der Waals surface area (Å²) in [6.07, 6.45) is 0.390. The number of hydrogen-bond donors (Lipinski definition) is 2. The number of guanidine groups is 1. The standard InChI is InChI=1S/C20H38N6O4/c1-20(2,3)30-19(28)23-16-6-8-26(15-16)18(22-14-17(27)24(4)5)21-7-9-25-10-12-29-13-11-25/h16H,6-15H2,1-5H3,(H,21,22)(H,23,28). The molecule has 0 aromatic carbocycles. The van der Waals surface area contributed by atoms with Gasteiger partial charge in [0.2, 0.25) is 5.91 Å². The van der Waals surface area contributed by atoms with Gasteiger partial charge in [-0.05, 0) is 27.2 Å². The van der Waals surface area contributed by atoms with E-state index in [4.69, 9.17) is 9.47 Å². The van der Waals surface area contributed by atoms with E-state index in [-0.39, 0.29) is 18.5 Å². The number of carbonyl (C=O) groups is 2. The lowest BCUT2D eigenvalue weighted by Gasteiger charge is -2.28. The zero-order chi connectivity index (χ0) is 22.1. The lowest BCUT2D eigenvalue weighted by Crippen LogP contribution is -2.47. The largest absolute Gasteiger partial charge is 0.444 e. The summed E-state index contributed by atoms with van der Waals surface area (Å²) in [6.45, 7) is 12.0. The molecule has 10 nitrogen and oxygen atoms in total. The Bertz CT molecular complexity index is 599. The van der Waals surface area contributed by atoms with Crippen molar-refractivity contribution < 1.29 is 19.1 Å². The number of aliphatic imine (C=N–C) groups is 1. The van der Waals surface area contributed by atoms with Gasteiger partial charge in [0.25, 0.3) is 0 Å². The number of nitrogens with one attached hydrogen (secondary N) is 2. The second-order valence-electron chi connectivity index (χ2n) is 8.89. The molecule has 2 rings (SSSR count). The van der Waals surface area contributed by atoms with Gasteiger partial charge >= 0.3 is 6.09 Å². The fourth-order valence-electron chi connectivity index (χ4n) is 3.25. The molecular formula is C20H38N6O4. The zero-order valence-corrected chi connectivity index (χ0v) is 19.1. The summed E-state index contributed by atoms with van der Waals surface area (Å²) in [5.74, 6) is 0.650. The van der Waals surface area contributed by atoms with Crippen molar-refractivity contribution in [2.75, 3.05) is 73.1 Å². The average Bonchev–Trinajstić information content (AvgIpc) is 3.11. The van der Waals surface area contributed by atoms with Crippen LogP contribution < -0.4 is 10.6 Å². The van der Waals surface area contributed by atoms with Crippen LogP contribution in [0.5, 0.6) is 0 Å². The van der Waals surface area contributed by atoms with Crippen molar-refractivity contribution in [2.45, 2.75) is 38.8 Å². The van der Waals surface area contributed by atoms with Gasteiger partial charge in [0, 0.05) is 53.4 Å². The Balaban J connectivity index is 1.90. The van der Waals surface area contributed by atoms with Crippen LogP contribution in [0.1, 0.15) is 27.2 Å². The Labute approximate surface area is 179 Å². The van der Waals surface area contributed by atoms with E-state index in [1.54, 1.807) is 14.1 Å². The predicted molar refractivity (Wildman–Crippen MR) is 116 cm³/mol. The highest BCUT2D eigenvalue weighted by Crippen LogP contribution is 2.12. The highest BCUT2D eigenvalue weighted by molar-refractivity contribution is 5.85. The van der Waals surface area contributed by atoms with E-state index >= 15 is 0 Å². The van der Waals surface area contributed by atoms with Crippen molar-refractivity contribution in [1.29, 1.82) is 0 Å². The molecule has 0 spiro atoms. The second kappa shape index (κ2) is 11.4. The van der Waals surface area contributed by atoms with Crippen molar-refractivity contribution in [3.63, 3.8) is 0 Å². The van der Waals surface area contributed by atoms with Crippen LogP contribution in [0.2, 0.25) is 0 Å². The Hall–Kier alpha value is -2.07. The van der Waals surface area contributed by atoms with Gasteiger partial charge in [-0.25, -0.2) is 9.79 Å². The first-order valence-electron chi connectivity index (χ1n) is 10.7. The topological polar surface area (TPSA) is 98.7 Å². The Kier molecular flexibility index (Phi) is 9.16. The first-order valence-corrected chi connectivity index (χ1v) is 10.7. The summed E-state index contributed by atoms with van der Waals surface area (Å²) in [5.41, 5.74) is -0.525. The number of alkyl carbamates (subject to hydrolysis) is 1. The minimum absolute atomic E-state index is 0.0179. The van der Waals surface area contributed by atoms with Gasteiger partial charge in [-0.2, -0.15) is 0 Å². The first-order chi connectivity index (χ1) is 14.1. The number of nitrogens with zero attached hydrogens (tertiary/aromatic N) is 4. The number of amides is 2. The van der Waals surface area contributed by atoms with Crippen LogP contribution in [0.25, 0.3) is 0 Å². The van der Waals surface area contributed by atoms with Gasteiger partial charge in [-0.15, -0.1) is 0 Å². The van der Waals surface area contributed by atoms with E-state index in [2.05, 4.69) is 25.4 Å². The van der Waals surface area contributed by atoms with Crippen molar-refractivity contribution in [3.8, 4) is 0 Å². The number of carbonyl (C=O) groups excluding carboxylic acids is 2. The molecule has 30 heavy (non-hydrogen) atoms. The molecule has 2 saturated heterocycles. The number of ether oxygens (including phenoxy) is 2. The molecule has 2 amide bonds. The minimum atomic E-state index is -0.525. The van der Waals surface area contributed by atoms with Crippen LogP contribution in [0.3, 0.4) is 0 Å². The SMILES string of the molecule is CN(C)C(=O)CN=C(NCCN1CCOCC1)N1CCC(NC(=O)OC(C)(C)C)C1. The molecule has 2 aliphatic rings. The smallest absolute Gasteiger partial charge is 0.407 e. The molecule has 1 unspecified atom stereocenters. The Morgan fingerprint density at radius 1 is 1.20 bits per heavy atom. The third-order valence-electron chi connectivity index (χ3n) is 4.89. The van der Waals surface area contributed by atoms with Crippen LogP contribution in [-0.2, 0) is 14.3 Å². The highest BCUT2D eigenvalue weighted by Gasteiger charge is 2.28. The fourth-order valence-corrected chi connectivity index (χ4v) is 3.25. The maximum absolute atomic E-state index is 12.1. The molecule has 10 heteroatoms. The summed E-state index contributed by atoms with van der Waals surface area (Å²) < 4.78 is 10.7. The number of likely N-dealkylation sites (tertiary alicyclic amines) is 1. The van der Waals surface area contributed by atoms with Gasteiger partial charge in [0.15, 0.2) is 5.96 Å². The number of likely N-dealkylation sites (N-methyl/N-ethyl adjacent to an activating group) is 1. The number of morpholine rings is 1. The van der Waals surface area contributed by atoms with E-state index in [0.717, 1.165) is 52.4 Å². The molecule has 0 radical (unpaired) electrons. The summed E-state index contributed by atoms with van der Waals surface area (Å²) in [6, 6.07) is -0.0179. The zero-order valence-electron chi connectivity index (χ0n) is 19.1. The fraction of sp³-hybridized carbons (Fsp3) is 0.850. The van der Waals surface area contributed by atoms with Crippen molar-refractivity contribution in [2.24, 2.45) is 4.99 Å². The van der Waals surface area contributed by atoms with Crippen molar-refractivity contribution >= 4 is 18.0 Å². The third kappa shape index (κ3) is 8.74. The lowest BCUT2D eigenvalue weighted by molar-refractivity contribution is -0.127. The summed E-state index contributed by atoms with van der Waals surface area (Å²) in [7, 11) is 3.44. The Morgan fingerprint density at radius 3 is 2.53 bits per heavy atom. The van der Waals surface area contributed by atoms with Crippen LogP contribution in [0, 0.1) is 0 Å². The van der Waals surface area contributed by atoms with E-state index in [9.17, 15) is 9.59 Å². The van der Waals surface area contributed by atoms with E-state index in [1.807, 2.05) is 20.8 Å². The molecule has 0 saturated carbocycles. The van der Waals surface area contributed by atoms with Crippen LogP contribution in [0.4, 0.5) is 4.79 Å². The maximum Gasteiger partial charge on any atom is 0.407 e. The number of hydrogen-bond acceptors (Lipinski definition) is 6. The molecule has 2 heterocycles. The molecule has 0 aromatic rings. The Morgan fingerprint density at radius 2 is 1.90 bits per heavy atom. The predicted octanol–water partition coefficient (Wildman–Crippen LogP) is -0.0486. The van der Waals surface area contributed by atoms with Gasteiger partial charge in [-0.3, -0.25) is 9.69 Å². The van der Waals surface area contributed by atoms with Crippen LogP contribution in [0.15, 0.2) is 4.99 Å². The van der Waals surface area contributed by atoms with E-state index in [0.29, 0.717) is 12.5 Å². The molecular weight excluding hydrogens is 388 g/mol. The second-order valence-corrected chi connectivity index (χ2v) is 8.89. The minimum Gasteiger partial charge on any atom is -0.444 e. The molecule has 2 fully saturated rings. The average molecular weight is 427 g/mol.